The van der Waals surface area contributed by atoms with Gasteiger partial charge in [-0.2, -0.15) is 5.26 Å². The third-order valence-electron chi connectivity index (χ3n) is 5.63. The number of rotatable bonds is 3. The van der Waals surface area contributed by atoms with Crippen molar-refractivity contribution in [2.45, 2.75) is 63.8 Å². The Morgan fingerprint density at radius 1 is 1.22 bits per heavy atom. The van der Waals surface area contributed by atoms with Crippen LogP contribution in [0.1, 0.15) is 45.3 Å². The van der Waals surface area contributed by atoms with Crippen LogP contribution in [0, 0.1) is 11.3 Å². The molecule has 1 aliphatic heterocycles. The molecule has 6 nitrogen and oxygen atoms in total. The molecule has 0 unspecified atom stereocenters. The van der Waals surface area contributed by atoms with Crippen molar-refractivity contribution in [1.29, 1.82) is 5.26 Å². The fourth-order valence-corrected chi connectivity index (χ4v) is 4.96. The number of fused-ring (bicyclic) bond motifs is 1. The van der Waals surface area contributed by atoms with E-state index < -0.39 is 0 Å². The Kier molecular flexibility index (Phi) is 5.40. The van der Waals surface area contributed by atoms with Gasteiger partial charge in [0.1, 0.15) is 11.9 Å². The van der Waals surface area contributed by atoms with Crippen molar-refractivity contribution in [3.05, 3.63) is 22.5 Å². The molecule has 2 aromatic heterocycles. The highest BCUT2D eigenvalue weighted by atomic mass is 79.9. The quantitative estimate of drug-likeness (QED) is 0.779. The summed E-state index contributed by atoms with van der Waals surface area (Å²) in [6.45, 7) is 6.42. The summed E-state index contributed by atoms with van der Waals surface area (Å²) in [6, 6.07) is 4.86. The van der Waals surface area contributed by atoms with Gasteiger partial charge in [-0.15, -0.1) is 0 Å². The van der Waals surface area contributed by atoms with Gasteiger partial charge in [-0.3, -0.25) is 4.90 Å². The summed E-state index contributed by atoms with van der Waals surface area (Å²) in [5, 5.41) is 13.5. The normalized spacial score (nSPS) is 29.6. The van der Waals surface area contributed by atoms with Crippen LogP contribution in [0.3, 0.4) is 0 Å². The number of halogens is 1. The van der Waals surface area contributed by atoms with Crippen LogP contribution in [-0.4, -0.2) is 47.3 Å². The number of hydrogen-bond donors (Lipinski definition) is 1. The number of furan rings is 1. The Labute approximate surface area is 168 Å². The molecule has 1 N–H and O–H groups in total. The molecule has 2 fully saturated rings. The Bertz CT molecular complexity index is 844. The maximum Gasteiger partial charge on any atom is 0.204 e. The lowest BCUT2D eigenvalue weighted by Gasteiger charge is -2.43. The Morgan fingerprint density at radius 2 is 1.93 bits per heavy atom. The van der Waals surface area contributed by atoms with E-state index in [1.165, 1.54) is 12.8 Å². The number of aromatic nitrogens is 1. The maximum absolute atomic E-state index is 9.02. The number of nitrogens with one attached hydrogen (secondary N) is 1. The van der Waals surface area contributed by atoms with E-state index in [0.29, 0.717) is 35.6 Å². The molecule has 7 heteroatoms. The number of pyridine rings is 1. The number of hydrogen-bond acceptors (Lipinski definition) is 6. The Morgan fingerprint density at radius 3 is 2.59 bits per heavy atom. The van der Waals surface area contributed by atoms with E-state index in [2.05, 4.69) is 45.0 Å². The second kappa shape index (κ2) is 7.78. The fourth-order valence-electron chi connectivity index (χ4n) is 4.43. The zero-order chi connectivity index (χ0) is 19.0. The SMILES string of the molecule is C[C@@H]1CN(C2CCC(Nc3ncc4oc(C#N)cc4c3Br)CC2)C[C@H](C)O1. The summed E-state index contributed by atoms with van der Waals surface area (Å²) in [5.74, 6) is 1.13. The van der Waals surface area contributed by atoms with E-state index in [1.807, 2.05) is 6.07 Å². The van der Waals surface area contributed by atoms with Gasteiger partial charge < -0.3 is 14.5 Å². The molecule has 144 valence electrons. The van der Waals surface area contributed by atoms with Crippen LogP contribution in [0.4, 0.5) is 5.82 Å². The minimum atomic E-state index is 0.305. The number of anilines is 1. The first-order valence-electron chi connectivity index (χ1n) is 9.67. The van der Waals surface area contributed by atoms with Gasteiger partial charge in [-0.25, -0.2) is 4.98 Å². The van der Waals surface area contributed by atoms with Crippen LogP contribution in [0.15, 0.2) is 21.2 Å². The van der Waals surface area contributed by atoms with Crippen LogP contribution in [0.2, 0.25) is 0 Å². The maximum atomic E-state index is 9.02. The second-order valence-corrected chi connectivity index (χ2v) is 8.58. The van der Waals surface area contributed by atoms with Gasteiger partial charge in [0.2, 0.25) is 5.76 Å². The van der Waals surface area contributed by atoms with Crippen molar-refractivity contribution in [1.82, 2.24) is 9.88 Å². The topological polar surface area (TPSA) is 74.3 Å². The highest BCUT2D eigenvalue weighted by Crippen LogP contribution is 2.34. The monoisotopic (exact) mass is 432 g/mol. The molecule has 0 bridgehead atoms. The van der Waals surface area contributed by atoms with Gasteiger partial charge in [0.25, 0.3) is 0 Å². The van der Waals surface area contributed by atoms with Crippen molar-refractivity contribution >= 4 is 32.7 Å². The number of morpholine rings is 1. The molecular formula is C20H25BrN4O2. The van der Waals surface area contributed by atoms with Crippen LogP contribution >= 0.6 is 15.9 Å². The summed E-state index contributed by atoms with van der Waals surface area (Å²) < 4.78 is 12.2. The van der Waals surface area contributed by atoms with Gasteiger partial charge in [0, 0.05) is 36.6 Å². The van der Waals surface area contributed by atoms with Crippen molar-refractivity contribution in [3.63, 3.8) is 0 Å². The first kappa shape index (κ1) is 18.7. The molecule has 2 aliphatic rings. The lowest BCUT2D eigenvalue weighted by atomic mass is 9.89. The summed E-state index contributed by atoms with van der Waals surface area (Å²) >= 11 is 3.62. The Balaban J connectivity index is 1.39. The molecule has 2 atom stereocenters. The lowest BCUT2D eigenvalue weighted by Crippen LogP contribution is -2.51. The largest absolute Gasteiger partial charge is 0.444 e. The molecular weight excluding hydrogens is 408 g/mol. The predicted molar refractivity (Wildman–Crippen MR) is 108 cm³/mol. The summed E-state index contributed by atoms with van der Waals surface area (Å²) in [5.41, 5.74) is 0.628. The summed E-state index contributed by atoms with van der Waals surface area (Å²) in [6.07, 6.45) is 6.99. The highest BCUT2D eigenvalue weighted by Gasteiger charge is 2.31. The molecule has 2 aromatic rings. The molecule has 1 saturated heterocycles. The molecule has 0 radical (unpaired) electrons. The van der Waals surface area contributed by atoms with Crippen molar-refractivity contribution in [2.75, 3.05) is 18.4 Å². The fraction of sp³-hybridized carbons (Fsp3) is 0.600. The lowest BCUT2D eigenvalue weighted by molar-refractivity contribution is -0.0842. The van der Waals surface area contributed by atoms with Crippen molar-refractivity contribution in [2.24, 2.45) is 0 Å². The molecule has 0 spiro atoms. The van der Waals surface area contributed by atoms with Gasteiger partial charge in [-0.1, -0.05) is 0 Å². The molecule has 0 aromatic carbocycles. The van der Waals surface area contributed by atoms with Crippen molar-refractivity contribution < 1.29 is 9.15 Å². The van der Waals surface area contributed by atoms with Gasteiger partial charge in [0.15, 0.2) is 5.58 Å². The standard InChI is InChI=1S/C20H25BrN4O2/c1-12-10-25(11-13(2)26-12)15-5-3-14(4-6-15)24-20-19(21)17-7-16(8-22)27-18(17)9-23-20/h7,9,12-15H,3-6,10-11H2,1-2H3,(H,23,24)/t12-,13+,14?,15?. The first-order valence-corrected chi connectivity index (χ1v) is 10.5. The molecule has 1 saturated carbocycles. The number of nitrogens with zero attached hydrogens (tertiary/aromatic N) is 3. The first-order chi connectivity index (χ1) is 13.0. The molecule has 1 aliphatic carbocycles. The van der Waals surface area contributed by atoms with E-state index in [9.17, 15) is 0 Å². The van der Waals surface area contributed by atoms with E-state index in [4.69, 9.17) is 14.4 Å². The minimum Gasteiger partial charge on any atom is -0.444 e. The van der Waals surface area contributed by atoms with Crippen molar-refractivity contribution in [3.8, 4) is 6.07 Å². The van der Waals surface area contributed by atoms with Gasteiger partial charge >= 0.3 is 0 Å². The molecule has 0 amide bonds. The minimum absolute atomic E-state index is 0.305. The van der Waals surface area contributed by atoms with E-state index in [-0.39, 0.29) is 0 Å². The van der Waals surface area contributed by atoms with Crippen LogP contribution in [0.5, 0.6) is 0 Å². The third kappa shape index (κ3) is 3.98. The average Bonchev–Trinajstić information content (AvgIpc) is 3.08. The summed E-state index contributed by atoms with van der Waals surface area (Å²) in [4.78, 5) is 7.10. The van der Waals surface area contributed by atoms with E-state index >= 15 is 0 Å². The molecule has 4 rings (SSSR count). The zero-order valence-electron chi connectivity index (χ0n) is 15.7. The van der Waals surface area contributed by atoms with Gasteiger partial charge in [-0.05, 0) is 55.5 Å². The van der Waals surface area contributed by atoms with E-state index in [0.717, 1.165) is 41.6 Å². The molecule has 3 heterocycles. The van der Waals surface area contributed by atoms with Crippen LogP contribution < -0.4 is 5.32 Å². The van der Waals surface area contributed by atoms with Gasteiger partial charge in [0.05, 0.1) is 22.9 Å². The van der Waals surface area contributed by atoms with Crippen LogP contribution in [0.25, 0.3) is 11.0 Å². The zero-order valence-corrected chi connectivity index (χ0v) is 17.3. The average molecular weight is 433 g/mol. The third-order valence-corrected chi connectivity index (χ3v) is 6.43. The van der Waals surface area contributed by atoms with Crippen LogP contribution in [-0.2, 0) is 4.74 Å². The second-order valence-electron chi connectivity index (χ2n) is 7.78. The predicted octanol–water partition coefficient (Wildman–Crippen LogP) is 4.29. The Hall–Kier alpha value is -1.62. The summed E-state index contributed by atoms with van der Waals surface area (Å²) in [7, 11) is 0. The highest BCUT2D eigenvalue weighted by molar-refractivity contribution is 9.10. The number of ether oxygens (including phenoxy) is 1. The number of nitriles is 1. The molecule has 27 heavy (non-hydrogen) atoms. The smallest absolute Gasteiger partial charge is 0.204 e. The van der Waals surface area contributed by atoms with E-state index in [1.54, 1.807) is 12.3 Å².